The van der Waals surface area contributed by atoms with Crippen LogP contribution in [0.4, 0.5) is 24.5 Å². The van der Waals surface area contributed by atoms with Gasteiger partial charge in [-0.2, -0.15) is 13.2 Å². The highest BCUT2D eigenvalue weighted by atomic mass is 19.4. The number of hydrogen-bond acceptors (Lipinski definition) is 6. The van der Waals surface area contributed by atoms with E-state index < -0.39 is 17.6 Å². The minimum atomic E-state index is -4.58. The van der Waals surface area contributed by atoms with Crippen molar-refractivity contribution >= 4 is 29.5 Å². The number of amides is 1. The first-order valence-corrected chi connectivity index (χ1v) is 15.0. The van der Waals surface area contributed by atoms with E-state index >= 15 is 0 Å². The van der Waals surface area contributed by atoms with Crippen molar-refractivity contribution in [3.05, 3.63) is 58.1 Å². The third kappa shape index (κ3) is 6.43. The van der Waals surface area contributed by atoms with Gasteiger partial charge in [0.05, 0.1) is 18.4 Å². The number of halogens is 3. The molecule has 2 heterocycles. The van der Waals surface area contributed by atoms with Crippen molar-refractivity contribution in [2.75, 3.05) is 50.5 Å². The maximum absolute atomic E-state index is 14.4. The van der Waals surface area contributed by atoms with E-state index in [1.54, 1.807) is 13.1 Å². The summed E-state index contributed by atoms with van der Waals surface area (Å²) in [5.41, 5.74) is 1.87. The van der Waals surface area contributed by atoms with Gasteiger partial charge in [-0.05, 0) is 80.8 Å². The van der Waals surface area contributed by atoms with Gasteiger partial charge in [-0.15, -0.1) is 0 Å². The first-order chi connectivity index (χ1) is 20.3. The summed E-state index contributed by atoms with van der Waals surface area (Å²) < 4.78 is 43.2. The number of amidine groups is 1. The van der Waals surface area contributed by atoms with E-state index in [-0.39, 0.29) is 29.1 Å². The average Bonchev–Trinajstić information content (AvgIpc) is 3.26. The molecule has 2 aromatic rings. The first-order valence-electron chi connectivity index (χ1n) is 15.0. The van der Waals surface area contributed by atoms with E-state index in [1.165, 1.54) is 15.9 Å². The Balaban J connectivity index is 1.51. The number of anilines is 2. The number of alkyl halides is 3. The zero-order valence-corrected chi connectivity index (χ0v) is 25.4. The van der Waals surface area contributed by atoms with Crippen molar-refractivity contribution in [2.45, 2.75) is 70.3 Å². The molecule has 11 heteroatoms. The smallest absolute Gasteiger partial charge is 0.383 e. The van der Waals surface area contributed by atoms with Crippen LogP contribution in [-0.4, -0.2) is 79.1 Å². The van der Waals surface area contributed by atoms with Crippen LogP contribution in [0.5, 0.6) is 0 Å². The molecule has 5 rings (SSSR count). The third-order valence-electron chi connectivity index (χ3n) is 9.14. The van der Waals surface area contributed by atoms with Crippen LogP contribution in [0.3, 0.4) is 0 Å². The minimum Gasteiger partial charge on any atom is -0.383 e. The number of carbonyl (C=O) groups is 1. The van der Waals surface area contributed by atoms with Gasteiger partial charge in [0.2, 0.25) is 0 Å². The summed E-state index contributed by atoms with van der Waals surface area (Å²) in [5.74, 6) is -0.0989. The summed E-state index contributed by atoms with van der Waals surface area (Å²) in [4.78, 5) is 21.2. The summed E-state index contributed by atoms with van der Waals surface area (Å²) in [7, 11) is 3.71. The molecule has 232 valence electrons. The Kier molecular flexibility index (Phi) is 8.59. The Morgan fingerprint density at radius 3 is 2.40 bits per heavy atom. The molecule has 0 spiro atoms. The molecule has 3 aliphatic rings. The number of carbonyl (C=O) groups excluding carboxylic acids is 1. The van der Waals surface area contributed by atoms with E-state index in [4.69, 9.17) is 10.8 Å². The number of hydrogen-bond donors (Lipinski definition) is 3. The average molecular weight is 598 g/mol. The highest BCUT2D eigenvalue weighted by molar-refractivity contribution is 6.10. The molecule has 3 N–H and O–H groups in total. The van der Waals surface area contributed by atoms with Gasteiger partial charge in [-0.25, -0.2) is 0 Å². The van der Waals surface area contributed by atoms with Crippen LogP contribution < -0.4 is 10.2 Å². The Bertz CT molecular complexity index is 1390. The van der Waals surface area contributed by atoms with Crippen molar-refractivity contribution in [2.24, 2.45) is 0 Å². The predicted molar refractivity (Wildman–Crippen MR) is 164 cm³/mol. The lowest BCUT2D eigenvalue weighted by molar-refractivity contribution is -0.138. The summed E-state index contributed by atoms with van der Waals surface area (Å²) in [6, 6.07) is 8.79. The van der Waals surface area contributed by atoms with Gasteiger partial charge in [0.15, 0.2) is 0 Å². The summed E-state index contributed by atoms with van der Waals surface area (Å²) in [6.07, 6.45) is -0.319. The topological polar surface area (TPSA) is 89.8 Å². The third-order valence-corrected chi connectivity index (χ3v) is 9.14. The molecule has 43 heavy (non-hydrogen) atoms. The van der Waals surface area contributed by atoms with Gasteiger partial charge in [-0.1, -0.05) is 6.42 Å². The fourth-order valence-corrected chi connectivity index (χ4v) is 6.47. The van der Waals surface area contributed by atoms with E-state index in [1.807, 2.05) is 39.1 Å². The molecular formula is C32H42F3N7O. The Labute approximate surface area is 251 Å². The van der Waals surface area contributed by atoms with E-state index in [0.717, 1.165) is 63.0 Å². The maximum atomic E-state index is 14.4. The summed E-state index contributed by atoms with van der Waals surface area (Å²) in [5, 5.41) is 19.5. The second-order valence-corrected chi connectivity index (χ2v) is 12.7. The molecule has 0 unspecified atom stereocenters. The number of fused-ring (bicyclic) bond motifs is 1. The van der Waals surface area contributed by atoms with Crippen LogP contribution in [0, 0.1) is 10.8 Å². The highest BCUT2D eigenvalue weighted by Crippen LogP contribution is 2.49. The number of nitrogens with one attached hydrogen (secondary N) is 3. The summed E-state index contributed by atoms with van der Waals surface area (Å²) in [6.45, 7) is 7.47. The van der Waals surface area contributed by atoms with Gasteiger partial charge in [-0.3, -0.25) is 20.5 Å². The molecule has 0 bridgehead atoms. The predicted octanol–water partition coefficient (Wildman–Crippen LogP) is 5.76. The number of likely N-dealkylation sites (N-methyl/N-ethyl adjacent to an activating group) is 1. The van der Waals surface area contributed by atoms with Gasteiger partial charge in [0, 0.05) is 74.6 Å². The zero-order valence-electron chi connectivity index (χ0n) is 25.4. The lowest BCUT2D eigenvalue weighted by Crippen LogP contribution is -2.43. The van der Waals surface area contributed by atoms with Crippen molar-refractivity contribution < 1.29 is 18.0 Å². The molecule has 0 radical (unpaired) electrons. The molecule has 0 atom stereocenters. The van der Waals surface area contributed by atoms with Crippen LogP contribution in [0.25, 0.3) is 0 Å². The highest BCUT2D eigenvalue weighted by Gasteiger charge is 2.43. The SMILES string of the molecule is CC(C)Nc1cc(N2Cc3c(cc(CN4CCN(C)CC4)cc3C(F)(F)F)C2=O)cc(C2(CC(=N)N(C)C=N)CCC2)c1. The van der Waals surface area contributed by atoms with Crippen LogP contribution in [-0.2, 0) is 24.7 Å². The number of benzene rings is 2. The fourth-order valence-electron chi connectivity index (χ4n) is 6.47. The van der Waals surface area contributed by atoms with Crippen LogP contribution >= 0.6 is 0 Å². The standard InChI is InChI=1S/C32H42F3N7O/c1-21(2)38-24-14-23(31(6-5-7-31)17-29(37)40(4)20-36)15-25(16-24)42-19-27-26(30(42)43)12-22(13-28(27)32(33,34)35)18-41-10-8-39(3)9-11-41/h12-16,20-21,36-38H,5-11,17-19H2,1-4H3. The van der Waals surface area contributed by atoms with Crippen molar-refractivity contribution in [1.82, 2.24) is 14.7 Å². The molecular weight excluding hydrogens is 555 g/mol. The Hall–Kier alpha value is -3.44. The lowest BCUT2D eigenvalue weighted by atomic mass is 9.62. The fraction of sp³-hybridized carbons (Fsp3) is 0.531. The minimum absolute atomic E-state index is 0.0242. The molecule has 2 fully saturated rings. The number of rotatable bonds is 9. The largest absolute Gasteiger partial charge is 0.416 e. The summed E-state index contributed by atoms with van der Waals surface area (Å²) >= 11 is 0. The quantitative estimate of drug-likeness (QED) is 0.253. The molecule has 1 amide bonds. The molecule has 1 saturated heterocycles. The normalized spacial score (nSPS) is 18.9. The number of nitrogens with zero attached hydrogens (tertiary/aromatic N) is 4. The van der Waals surface area contributed by atoms with Gasteiger partial charge < -0.3 is 20.0 Å². The van der Waals surface area contributed by atoms with Crippen molar-refractivity contribution in [1.29, 1.82) is 10.8 Å². The van der Waals surface area contributed by atoms with Gasteiger partial charge >= 0.3 is 6.18 Å². The van der Waals surface area contributed by atoms with Gasteiger partial charge in [0.1, 0.15) is 5.84 Å². The molecule has 1 saturated carbocycles. The lowest BCUT2D eigenvalue weighted by Gasteiger charge is -2.44. The molecule has 8 nitrogen and oxygen atoms in total. The van der Waals surface area contributed by atoms with E-state index in [0.29, 0.717) is 30.1 Å². The molecule has 2 aliphatic heterocycles. The Morgan fingerprint density at radius 2 is 1.81 bits per heavy atom. The molecule has 0 aromatic heterocycles. The second kappa shape index (κ2) is 11.9. The number of piperazine rings is 1. The van der Waals surface area contributed by atoms with Gasteiger partial charge in [0.25, 0.3) is 5.91 Å². The van der Waals surface area contributed by atoms with Crippen LogP contribution in [0.2, 0.25) is 0 Å². The van der Waals surface area contributed by atoms with Crippen LogP contribution in [0.15, 0.2) is 30.3 Å². The molecule has 1 aliphatic carbocycles. The van der Waals surface area contributed by atoms with Crippen LogP contribution in [0.1, 0.15) is 72.1 Å². The second-order valence-electron chi connectivity index (χ2n) is 12.7. The Morgan fingerprint density at radius 1 is 1.12 bits per heavy atom. The maximum Gasteiger partial charge on any atom is 0.416 e. The van der Waals surface area contributed by atoms with Crippen molar-refractivity contribution in [3.8, 4) is 0 Å². The first kappa shape index (κ1) is 31.0. The van der Waals surface area contributed by atoms with E-state index in [9.17, 15) is 18.0 Å². The molecule has 2 aromatic carbocycles. The zero-order chi connectivity index (χ0) is 31.1. The monoisotopic (exact) mass is 597 g/mol. The van der Waals surface area contributed by atoms with E-state index in [2.05, 4.69) is 15.1 Å². The van der Waals surface area contributed by atoms with Crippen molar-refractivity contribution in [3.63, 3.8) is 0 Å².